The molecule has 0 aromatic heterocycles. The molecule has 2 aromatic carbocycles. The Morgan fingerprint density at radius 2 is 1.70 bits per heavy atom. The Morgan fingerprint density at radius 3 is 2.26 bits per heavy atom. The average molecular weight is 311 g/mol. The highest BCUT2D eigenvalue weighted by Crippen LogP contribution is 2.23. The summed E-state index contributed by atoms with van der Waals surface area (Å²) in [5, 5.41) is 3.07. The zero-order chi connectivity index (χ0) is 16.7. The number of methoxy groups -OCH3 is 1. The van der Waals surface area contributed by atoms with Crippen molar-refractivity contribution < 1.29 is 9.53 Å². The molecular weight excluding hydrogens is 286 g/mol. The first-order valence-corrected chi connectivity index (χ1v) is 8.04. The summed E-state index contributed by atoms with van der Waals surface area (Å²) in [5.41, 5.74) is 2.26. The molecule has 0 aliphatic heterocycles. The number of nitrogens with one attached hydrogen (secondary N) is 1. The van der Waals surface area contributed by atoms with Crippen molar-refractivity contribution in [3.05, 3.63) is 65.7 Å². The van der Waals surface area contributed by atoms with Gasteiger partial charge in [-0.25, -0.2) is 0 Å². The van der Waals surface area contributed by atoms with Gasteiger partial charge in [-0.3, -0.25) is 4.79 Å². The summed E-state index contributed by atoms with van der Waals surface area (Å²) in [7, 11) is 1.64. The fourth-order valence-corrected chi connectivity index (χ4v) is 2.65. The minimum Gasteiger partial charge on any atom is -0.497 e. The van der Waals surface area contributed by atoms with Crippen LogP contribution in [0.4, 0.5) is 0 Å². The van der Waals surface area contributed by atoms with E-state index >= 15 is 0 Å². The molecule has 2 rings (SSSR count). The van der Waals surface area contributed by atoms with E-state index < -0.39 is 0 Å². The third-order valence-electron chi connectivity index (χ3n) is 4.08. The zero-order valence-corrected chi connectivity index (χ0v) is 14.1. The van der Waals surface area contributed by atoms with Crippen molar-refractivity contribution in [2.75, 3.05) is 13.7 Å². The molecule has 1 N–H and O–H groups in total. The topological polar surface area (TPSA) is 38.3 Å². The Labute approximate surface area is 138 Å². The lowest BCUT2D eigenvalue weighted by Gasteiger charge is -2.22. The monoisotopic (exact) mass is 311 g/mol. The van der Waals surface area contributed by atoms with Gasteiger partial charge in [0.2, 0.25) is 5.91 Å². The smallest absolute Gasteiger partial charge is 0.224 e. The Morgan fingerprint density at radius 1 is 1.04 bits per heavy atom. The molecule has 0 saturated carbocycles. The summed E-state index contributed by atoms with van der Waals surface area (Å²) in [6, 6.07) is 18.0. The number of hydrogen-bond donors (Lipinski definition) is 1. The van der Waals surface area contributed by atoms with Crippen LogP contribution in [0.3, 0.4) is 0 Å². The normalized spacial score (nSPS) is 12.0. The molecule has 122 valence electrons. The molecule has 3 nitrogen and oxygen atoms in total. The molecule has 0 spiro atoms. The van der Waals surface area contributed by atoms with Crippen molar-refractivity contribution in [1.29, 1.82) is 0 Å². The molecule has 0 fully saturated rings. The maximum Gasteiger partial charge on any atom is 0.224 e. The molecule has 0 aliphatic rings. The van der Waals surface area contributed by atoms with Gasteiger partial charge in [0.05, 0.1) is 13.5 Å². The van der Waals surface area contributed by atoms with Crippen LogP contribution < -0.4 is 10.1 Å². The van der Waals surface area contributed by atoms with Crippen molar-refractivity contribution >= 4 is 5.91 Å². The number of amides is 1. The number of rotatable bonds is 7. The molecule has 2 aromatic rings. The number of benzene rings is 2. The van der Waals surface area contributed by atoms with Gasteiger partial charge in [-0.05, 0) is 29.2 Å². The van der Waals surface area contributed by atoms with Crippen molar-refractivity contribution in [3.63, 3.8) is 0 Å². The Bertz CT molecular complexity index is 605. The number of hydrogen-bond acceptors (Lipinski definition) is 2. The average Bonchev–Trinajstić information content (AvgIpc) is 2.56. The maximum absolute atomic E-state index is 12.2. The van der Waals surface area contributed by atoms with Crippen molar-refractivity contribution in [2.24, 2.45) is 5.92 Å². The van der Waals surface area contributed by atoms with Gasteiger partial charge in [-0.15, -0.1) is 0 Å². The third kappa shape index (κ3) is 5.13. The highest BCUT2D eigenvalue weighted by atomic mass is 16.5. The summed E-state index contributed by atoms with van der Waals surface area (Å²) in [6.07, 6.45) is 0.392. The van der Waals surface area contributed by atoms with Gasteiger partial charge in [0.25, 0.3) is 0 Å². The van der Waals surface area contributed by atoms with E-state index in [-0.39, 0.29) is 5.91 Å². The zero-order valence-electron chi connectivity index (χ0n) is 14.1. The molecule has 0 saturated heterocycles. The predicted octanol–water partition coefficient (Wildman–Crippen LogP) is 3.79. The van der Waals surface area contributed by atoms with Gasteiger partial charge in [-0.2, -0.15) is 0 Å². The fourth-order valence-electron chi connectivity index (χ4n) is 2.65. The second kappa shape index (κ2) is 8.37. The first-order valence-electron chi connectivity index (χ1n) is 8.04. The molecule has 1 unspecified atom stereocenters. The Balaban J connectivity index is 1.91. The molecule has 0 aliphatic carbocycles. The van der Waals surface area contributed by atoms with E-state index in [0.29, 0.717) is 24.8 Å². The van der Waals surface area contributed by atoms with E-state index in [9.17, 15) is 4.79 Å². The van der Waals surface area contributed by atoms with Crippen LogP contribution in [0.15, 0.2) is 54.6 Å². The molecule has 1 amide bonds. The lowest BCUT2D eigenvalue weighted by molar-refractivity contribution is -0.120. The number of carbonyl (C=O) groups is 1. The minimum absolute atomic E-state index is 0.0525. The Hall–Kier alpha value is -2.29. The summed E-state index contributed by atoms with van der Waals surface area (Å²) < 4.78 is 5.13. The van der Waals surface area contributed by atoms with E-state index in [1.54, 1.807) is 7.11 Å². The molecule has 0 bridgehead atoms. The highest BCUT2D eigenvalue weighted by molar-refractivity contribution is 5.78. The van der Waals surface area contributed by atoms with Gasteiger partial charge in [0.15, 0.2) is 0 Å². The third-order valence-corrected chi connectivity index (χ3v) is 4.08. The highest BCUT2D eigenvalue weighted by Gasteiger charge is 2.16. The van der Waals surface area contributed by atoms with Crippen LogP contribution in [0.2, 0.25) is 0 Å². The lowest BCUT2D eigenvalue weighted by Crippen LogP contribution is -2.31. The van der Waals surface area contributed by atoms with E-state index in [0.717, 1.165) is 11.3 Å². The van der Waals surface area contributed by atoms with Crippen LogP contribution in [-0.4, -0.2) is 19.6 Å². The Kier molecular flexibility index (Phi) is 6.21. The van der Waals surface area contributed by atoms with E-state index in [4.69, 9.17) is 4.74 Å². The summed E-state index contributed by atoms with van der Waals surface area (Å²) in [5.74, 6) is 1.66. The van der Waals surface area contributed by atoms with Gasteiger partial charge in [-0.1, -0.05) is 56.3 Å². The van der Waals surface area contributed by atoms with Crippen molar-refractivity contribution in [3.8, 4) is 5.75 Å². The fraction of sp³-hybridized carbons (Fsp3) is 0.350. The molecule has 0 heterocycles. The largest absolute Gasteiger partial charge is 0.497 e. The quantitative estimate of drug-likeness (QED) is 0.845. The standard InChI is InChI=1S/C20H25NO2/c1-15(2)19(17-7-5-4-6-8-17)14-21-20(22)13-16-9-11-18(23-3)12-10-16/h4-12,15,19H,13-14H2,1-3H3,(H,21,22). The van der Waals surface area contributed by atoms with Gasteiger partial charge < -0.3 is 10.1 Å². The summed E-state index contributed by atoms with van der Waals surface area (Å²) in [6.45, 7) is 5.04. The van der Waals surface area contributed by atoms with Crippen LogP contribution in [0.1, 0.15) is 30.9 Å². The first kappa shape index (κ1) is 17.1. The molecular formula is C20H25NO2. The van der Waals surface area contributed by atoms with Crippen LogP contribution in [-0.2, 0) is 11.2 Å². The molecule has 0 radical (unpaired) electrons. The van der Waals surface area contributed by atoms with Gasteiger partial charge in [0.1, 0.15) is 5.75 Å². The SMILES string of the molecule is COc1ccc(CC(=O)NCC(c2ccccc2)C(C)C)cc1. The predicted molar refractivity (Wildman–Crippen MR) is 93.7 cm³/mol. The van der Waals surface area contributed by atoms with Crippen LogP contribution in [0.5, 0.6) is 5.75 Å². The van der Waals surface area contributed by atoms with Gasteiger partial charge >= 0.3 is 0 Å². The van der Waals surface area contributed by atoms with Crippen LogP contribution in [0, 0.1) is 5.92 Å². The van der Waals surface area contributed by atoms with E-state index in [1.165, 1.54) is 5.56 Å². The van der Waals surface area contributed by atoms with E-state index in [2.05, 4.69) is 31.3 Å². The number of carbonyl (C=O) groups excluding carboxylic acids is 1. The van der Waals surface area contributed by atoms with E-state index in [1.807, 2.05) is 42.5 Å². The molecule has 1 atom stereocenters. The maximum atomic E-state index is 12.2. The summed E-state index contributed by atoms with van der Waals surface area (Å²) >= 11 is 0. The molecule has 3 heteroatoms. The number of ether oxygens (including phenoxy) is 1. The lowest BCUT2D eigenvalue weighted by atomic mass is 9.88. The van der Waals surface area contributed by atoms with Gasteiger partial charge in [0, 0.05) is 12.5 Å². The van der Waals surface area contributed by atoms with Crippen molar-refractivity contribution in [2.45, 2.75) is 26.2 Å². The van der Waals surface area contributed by atoms with Crippen LogP contribution in [0.25, 0.3) is 0 Å². The minimum atomic E-state index is 0.0525. The first-order chi connectivity index (χ1) is 11.1. The molecule has 23 heavy (non-hydrogen) atoms. The van der Waals surface area contributed by atoms with Crippen molar-refractivity contribution in [1.82, 2.24) is 5.32 Å². The summed E-state index contributed by atoms with van der Waals surface area (Å²) in [4.78, 5) is 12.2. The van der Waals surface area contributed by atoms with Crippen LogP contribution >= 0.6 is 0 Å². The second-order valence-electron chi connectivity index (χ2n) is 6.09. The second-order valence-corrected chi connectivity index (χ2v) is 6.09.